The van der Waals surface area contributed by atoms with Crippen LogP contribution in [0.1, 0.15) is 20.0 Å². The minimum Gasteiger partial charge on any atom is -0.507 e. The Morgan fingerprint density at radius 3 is 2.48 bits per heavy atom. The summed E-state index contributed by atoms with van der Waals surface area (Å²) in [6.07, 6.45) is 0. The van der Waals surface area contributed by atoms with Gasteiger partial charge in [-0.1, -0.05) is 30.3 Å². The van der Waals surface area contributed by atoms with Gasteiger partial charge in [-0.2, -0.15) is 0 Å². The fraction of sp³-hybridized carbons (Fsp3) is 0.0588. The van der Waals surface area contributed by atoms with E-state index < -0.39 is 12.6 Å². The minimum absolute atomic E-state index is 0.144. The third-order valence-electron chi connectivity index (χ3n) is 3.34. The van der Waals surface area contributed by atoms with E-state index in [-0.39, 0.29) is 22.8 Å². The van der Waals surface area contributed by atoms with Crippen molar-refractivity contribution in [1.82, 2.24) is 0 Å². The van der Waals surface area contributed by atoms with Crippen molar-refractivity contribution in [2.24, 2.45) is 0 Å². The zero-order valence-corrected chi connectivity index (χ0v) is 12.7. The molecule has 0 unspecified atom stereocenters. The first-order valence-corrected chi connectivity index (χ1v) is 7.63. The van der Waals surface area contributed by atoms with E-state index in [0.717, 1.165) is 6.07 Å². The molecular formula is C17H12O5S. The number of thiophene rings is 1. The average molecular weight is 328 g/mol. The number of carbonyl (C=O) groups is 2. The summed E-state index contributed by atoms with van der Waals surface area (Å²) in [6, 6.07) is 11.1. The number of aromatic hydroxyl groups is 2. The number of phenols is 2. The van der Waals surface area contributed by atoms with E-state index in [2.05, 4.69) is 0 Å². The van der Waals surface area contributed by atoms with Gasteiger partial charge in [-0.3, -0.25) is 4.79 Å². The van der Waals surface area contributed by atoms with Gasteiger partial charge in [0, 0.05) is 10.8 Å². The second kappa shape index (κ2) is 6.10. The summed E-state index contributed by atoms with van der Waals surface area (Å²) in [5.41, 5.74) is -0.180. The lowest BCUT2D eigenvalue weighted by Crippen LogP contribution is -2.13. The Labute approximate surface area is 135 Å². The largest absolute Gasteiger partial charge is 0.507 e. The number of benzene rings is 2. The van der Waals surface area contributed by atoms with E-state index in [9.17, 15) is 19.8 Å². The number of phenolic OH excluding ortho intramolecular Hbond substituents is 2. The van der Waals surface area contributed by atoms with Crippen LogP contribution in [0.2, 0.25) is 0 Å². The molecule has 1 heterocycles. The molecule has 0 bridgehead atoms. The van der Waals surface area contributed by atoms with Gasteiger partial charge in [0.25, 0.3) is 0 Å². The highest BCUT2D eigenvalue weighted by Gasteiger charge is 2.19. The van der Waals surface area contributed by atoms with E-state index in [4.69, 9.17) is 4.74 Å². The van der Waals surface area contributed by atoms with E-state index in [1.807, 2.05) is 0 Å². The lowest BCUT2D eigenvalue weighted by Gasteiger charge is -2.09. The molecule has 116 valence electrons. The first-order chi connectivity index (χ1) is 11.1. The monoisotopic (exact) mass is 328 g/mol. The predicted octanol–water partition coefficient (Wildman–Crippen LogP) is 3.35. The van der Waals surface area contributed by atoms with Crippen LogP contribution < -0.4 is 0 Å². The molecule has 0 radical (unpaired) electrons. The molecule has 6 heteroatoms. The van der Waals surface area contributed by atoms with Crippen LogP contribution in [-0.2, 0) is 4.74 Å². The molecule has 0 aliphatic carbocycles. The molecule has 3 rings (SSSR count). The van der Waals surface area contributed by atoms with Gasteiger partial charge in [0.05, 0.1) is 4.88 Å². The van der Waals surface area contributed by atoms with Crippen LogP contribution in [-0.4, -0.2) is 28.6 Å². The maximum atomic E-state index is 12.1. The van der Waals surface area contributed by atoms with Gasteiger partial charge in [-0.25, -0.2) is 4.79 Å². The second-order valence-corrected chi connectivity index (χ2v) is 5.76. The van der Waals surface area contributed by atoms with E-state index in [1.54, 1.807) is 41.8 Å². The lowest BCUT2D eigenvalue weighted by atomic mass is 10.0. The number of rotatable bonds is 4. The molecule has 0 amide bonds. The molecule has 5 nitrogen and oxygen atoms in total. The Balaban J connectivity index is 1.84. The van der Waals surface area contributed by atoms with Crippen molar-refractivity contribution in [2.45, 2.75) is 0 Å². The number of fused-ring (bicyclic) bond motifs is 1. The Kier molecular flexibility index (Phi) is 3.99. The highest BCUT2D eigenvalue weighted by atomic mass is 32.1. The van der Waals surface area contributed by atoms with Crippen molar-refractivity contribution in [1.29, 1.82) is 0 Å². The first-order valence-electron chi connectivity index (χ1n) is 6.75. The van der Waals surface area contributed by atoms with Gasteiger partial charge in [0.2, 0.25) is 5.78 Å². The summed E-state index contributed by atoms with van der Waals surface area (Å²) >= 11 is 1.26. The number of ketones is 1. The molecule has 3 aromatic rings. The summed E-state index contributed by atoms with van der Waals surface area (Å²) in [6.45, 7) is -0.424. The quantitative estimate of drug-likeness (QED) is 0.436. The molecule has 23 heavy (non-hydrogen) atoms. The number of hydrogen-bond acceptors (Lipinski definition) is 6. The van der Waals surface area contributed by atoms with Crippen molar-refractivity contribution < 1.29 is 24.5 Å². The standard InChI is InChI=1S/C17H12O5S/c18-13-8-12(16(20)11-5-2-1-4-10(11)13)17(21)22-9-14(19)15-6-3-7-23-15/h1-8,18,20H,9H2. The number of carbonyl (C=O) groups excluding carboxylic acids is 2. The van der Waals surface area contributed by atoms with Gasteiger partial charge in [-0.05, 0) is 17.5 Å². The number of Topliss-reactive ketones (excluding diaryl/α,β-unsaturated/α-hetero) is 1. The Bertz CT molecular complexity index is 883. The highest BCUT2D eigenvalue weighted by Crippen LogP contribution is 2.35. The van der Waals surface area contributed by atoms with E-state index in [1.165, 1.54) is 11.3 Å². The van der Waals surface area contributed by atoms with Crippen molar-refractivity contribution in [3.05, 3.63) is 58.3 Å². The Hall–Kier alpha value is -2.86. The van der Waals surface area contributed by atoms with E-state index in [0.29, 0.717) is 15.6 Å². The zero-order valence-electron chi connectivity index (χ0n) is 11.9. The molecule has 0 atom stereocenters. The number of hydrogen-bond donors (Lipinski definition) is 2. The molecule has 0 saturated heterocycles. The van der Waals surface area contributed by atoms with Gasteiger partial charge in [0.15, 0.2) is 6.61 Å². The van der Waals surface area contributed by atoms with Crippen LogP contribution in [0.4, 0.5) is 0 Å². The van der Waals surface area contributed by atoms with Gasteiger partial charge >= 0.3 is 5.97 Å². The van der Waals surface area contributed by atoms with E-state index >= 15 is 0 Å². The van der Waals surface area contributed by atoms with Crippen molar-refractivity contribution in [2.75, 3.05) is 6.61 Å². The van der Waals surface area contributed by atoms with Crippen LogP contribution in [0, 0.1) is 0 Å². The predicted molar refractivity (Wildman–Crippen MR) is 86.2 cm³/mol. The lowest BCUT2D eigenvalue weighted by molar-refractivity contribution is 0.0473. The second-order valence-electron chi connectivity index (χ2n) is 4.81. The summed E-state index contributed by atoms with van der Waals surface area (Å²) in [5.74, 6) is -1.62. The Morgan fingerprint density at radius 1 is 1.04 bits per heavy atom. The molecule has 0 aliphatic heterocycles. The molecule has 0 aliphatic rings. The van der Waals surface area contributed by atoms with Crippen molar-refractivity contribution in [3.63, 3.8) is 0 Å². The van der Waals surface area contributed by atoms with Crippen LogP contribution in [0.5, 0.6) is 11.5 Å². The summed E-state index contributed by atoms with van der Waals surface area (Å²) in [5, 5.41) is 22.7. The average Bonchev–Trinajstić information content (AvgIpc) is 3.10. The molecule has 1 aromatic heterocycles. The summed E-state index contributed by atoms with van der Waals surface area (Å²) in [4.78, 5) is 24.4. The van der Waals surface area contributed by atoms with Crippen LogP contribution in [0.3, 0.4) is 0 Å². The van der Waals surface area contributed by atoms with Crippen molar-refractivity contribution in [3.8, 4) is 11.5 Å². The maximum Gasteiger partial charge on any atom is 0.342 e. The molecule has 0 fully saturated rings. The number of ether oxygens (including phenoxy) is 1. The van der Waals surface area contributed by atoms with Crippen LogP contribution >= 0.6 is 11.3 Å². The van der Waals surface area contributed by atoms with Crippen molar-refractivity contribution >= 4 is 33.9 Å². The van der Waals surface area contributed by atoms with Gasteiger partial charge in [-0.15, -0.1) is 11.3 Å². The van der Waals surface area contributed by atoms with Gasteiger partial charge < -0.3 is 14.9 Å². The molecule has 2 N–H and O–H groups in total. The van der Waals surface area contributed by atoms with Gasteiger partial charge in [0.1, 0.15) is 17.1 Å². The third-order valence-corrected chi connectivity index (χ3v) is 4.26. The summed E-state index contributed by atoms with van der Waals surface area (Å²) < 4.78 is 4.95. The van der Waals surface area contributed by atoms with Crippen LogP contribution in [0.25, 0.3) is 10.8 Å². The first kappa shape index (κ1) is 15.1. The normalized spacial score (nSPS) is 10.6. The SMILES string of the molecule is O=C(COC(=O)c1cc(O)c2ccccc2c1O)c1cccs1. The molecule has 0 spiro atoms. The minimum atomic E-state index is -0.867. The molecule has 2 aromatic carbocycles. The van der Waals surface area contributed by atoms with Crippen LogP contribution in [0.15, 0.2) is 47.8 Å². The molecule has 0 saturated carbocycles. The highest BCUT2D eigenvalue weighted by molar-refractivity contribution is 7.12. The Morgan fingerprint density at radius 2 is 1.78 bits per heavy atom. The number of esters is 1. The smallest absolute Gasteiger partial charge is 0.342 e. The maximum absolute atomic E-state index is 12.1. The summed E-state index contributed by atoms with van der Waals surface area (Å²) in [7, 11) is 0. The third kappa shape index (κ3) is 2.89. The topological polar surface area (TPSA) is 83.8 Å². The fourth-order valence-electron chi connectivity index (χ4n) is 2.21. The fourth-order valence-corrected chi connectivity index (χ4v) is 2.86. The molecular weight excluding hydrogens is 316 g/mol. The zero-order chi connectivity index (χ0) is 16.4.